The molecule has 1 atom stereocenters. The number of nitrogens with two attached hydrogens (primary N) is 1. The van der Waals surface area contributed by atoms with Crippen molar-refractivity contribution in [2.24, 2.45) is 17.6 Å². The minimum Gasteiger partial charge on any atom is -0.330 e. The average molecular weight is 212 g/mol. The molecule has 0 aliphatic rings. The van der Waals surface area contributed by atoms with Gasteiger partial charge in [0.25, 0.3) is 0 Å². The molecule has 1 unspecified atom stereocenters. The van der Waals surface area contributed by atoms with Crippen LogP contribution in [0.25, 0.3) is 0 Å². The second kappa shape index (κ2) is 5.56. The summed E-state index contributed by atoms with van der Waals surface area (Å²) in [6.07, 6.45) is -4.12. The van der Waals surface area contributed by atoms with E-state index in [4.69, 9.17) is 5.73 Å². The fourth-order valence-corrected chi connectivity index (χ4v) is 1.33. The first-order valence-corrected chi connectivity index (χ1v) is 4.71. The molecule has 0 bridgehead atoms. The summed E-state index contributed by atoms with van der Waals surface area (Å²) < 4.78 is 36.0. The van der Waals surface area contributed by atoms with Crippen LogP contribution in [0.5, 0.6) is 0 Å². The molecule has 0 aromatic rings. The molecule has 0 spiro atoms. The fourth-order valence-electron chi connectivity index (χ4n) is 1.33. The fraction of sp³-hybridized carbons (Fsp3) is 1.00. The van der Waals surface area contributed by atoms with E-state index in [0.29, 0.717) is 19.0 Å². The number of nitrogens with zero attached hydrogens (tertiary/aromatic N) is 1. The Morgan fingerprint density at radius 1 is 1.29 bits per heavy atom. The molecule has 0 aromatic carbocycles. The van der Waals surface area contributed by atoms with Crippen LogP contribution in [0.3, 0.4) is 0 Å². The zero-order valence-electron chi connectivity index (χ0n) is 8.93. The molecule has 86 valence electrons. The molecule has 0 radical (unpaired) electrons. The van der Waals surface area contributed by atoms with E-state index in [9.17, 15) is 13.2 Å². The predicted molar refractivity (Wildman–Crippen MR) is 50.9 cm³/mol. The van der Waals surface area contributed by atoms with Crippen molar-refractivity contribution < 1.29 is 13.2 Å². The van der Waals surface area contributed by atoms with Gasteiger partial charge in [0.05, 0.1) is 6.54 Å². The van der Waals surface area contributed by atoms with E-state index in [1.807, 2.05) is 13.8 Å². The molecule has 0 fully saturated rings. The van der Waals surface area contributed by atoms with Crippen LogP contribution in [0.4, 0.5) is 13.2 Å². The Bertz CT molecular complexity index is 157. The molecule has 0 aliphatic carbocycles. The Labute approximate surface area is 83.3 Å². The van der Waals surface area contributed by atoms with E-state index in [2.05, 4.69) is 0 Å². The summed E-state index contributed by atoms with van der Waals surface area (Å²) in [6, 6.07) is 0. The van der Waals surface area contributed by atoms with Crippen LogP contribution in [0.2, 0.25) is 0 Å². The molecule has 0 rings (SSSR count). The third kappa shape index (κ3) is 6.21. The molecular formula is C9H19F3N2. The van der Waals surface area contributed by atoms with Crippen LogP contribution in [0.1, 0.15) is 13.8 Å². The van der Waals surface area contributed by atoms with Gasteiger partial charge < -0.3 is 5.73 Å². The number of halogens is 3. The first-order valence-electron chi connectivity index (χ1n) is 4.71. The zero-order chi connectivity index (χ0) is 11.4. The summed E-state index contributed by atoms with van der Waals surface area (Å²) in [6.45, 7) is 3.90. The van der Waals surface area contributed by atoms with Crippen LogP contribution < -0.4 is 5.73 Å². The Morgan fingerprint density at radius 3 is 2.07 bits per heavy atom. The zero-order valence-corrected chi connectivity index (χ0v) is 8.93. The van der Waals surface area contributed by atoms with Gasteiger partial charge in [-0.05, 0) is 25.4 Å². The molecule has 14 heavy (non-hydrogen) atoms. The maximum Gasteiger partial charge on any atom is 0.401 e. The molecular weight excluding hydrogens is 193 g/mol. The minimum absolute atomic E-state index is 0.127. The minimum atomic E-state index is -4.12. The normalized spacial score (nSPS) is 15.2. The van der Waals surface area contributed by atoms with Gasteiger partial charge in [-0.15, -0.1) is 0 Å². The van der Waals surface area contributed by atoms with Gasteiger partial charge in [0.2, 0.25) is 0 Å². The molecule has 0 aliphatic heterocycles. The highest BCUT2D eigenvalue weighted by Crippen LogP contribution is 2.17. The Balaban J connectivity index is 3.97. The van der Waals surface area contributed by atoms with E-state index in [-0.39, 0.29) is 5.92 Å². The van der Waals surface area contributed by atoms with Crippen molar-refractivity contribution in [3.63, 3.8) is 0 Å². The van der Waals surface area contributed by atoms with Crippen molar-refractivity contribution in [1.82, 2.24) is 4.90 Å². The van der Waals surface area contributed by atoms with Crippen molar-refractivity contribution in [2.45, 2.75) is 20.0 Å². The van der Waals surface area contributed by atoms with Gasteiger partial charge in [0.1, 0.15) is 0 Å². The molecule has 0 heterocycles. The van der Waals surface area contributed by atoms with Crippen LogP contribution in [-0.4, -0.2) is 37.8 Å². The van der Waals surface area contributed by atoms with E-state index < -0.39 is 12.7 Å². The van der Waals surface area contributed by atoms with Gasteiger partial charge in [0.15, 0.2) is 0 Å². The number of alkyl halides is 3. The standard InChI is InChI=1S/C9H19F3N2/c1-7(2)8(4-13)5-14(3)6-9(10,11)12/h7-8H,4-6,13H2,1-3H3. The van der Waals surface area contributed by atoms with Gasteiger partial charge in [-0.1, -0.05) is 13.8 Å². The maximum atomic E-state index is 12.0. The smallest absolute Gasteiger partial charge is 0.330 e. The molecule has 2 N–H and O–H groups in total. The van der Waals surface area contributed by atoms with Crippen molar-refractivity contribution in [2.75, 3.05) is 26.7 Å². The lowest BCUT2D eigenvalue weighted by atomic mass is 9.95. The quantitative estimate of drug-likeness (QED) is 0.751. The van der Waals surface area contributed by atoms with Gasteiger partial charge in [-0.2, -0.15) is 13.2 Å². The molecule has 0 saturated carbocycles. The number of hydrogen-bond acceptors (Lipinski definition) is 2. The van der Waals surface area contributed by atoms with Crippen molar-refractivity contribution in [3.05, 3.63) is 0 Å². The van der Waals surface area contributed by atoms with Crippen LogP contribution in [0, 0.1) is 11.8 Å². The molecule has 0 aromatic heterocycles. The lowest BCUT2D eigenvalue weighted by molar-refractivity contribution is -0.144. The summed E-state index contributed by atoms with van der Waals surface area (Å²) in [5, 5.41) is 0. The van der Waals surface area contributed by atoms with E-state index in [1.54, 1.807) is 0 Å². The summed E-state index contributed by atoms with van der Waals surface area (Å²) >= 11 is 0. The van der Waals surface area contributed by atoms with Crippen molar-refractivity contribution in [3.8, 4) is 0 Å². The highest BCUT2D eigenvalue weighted by Gasteiger charge is 2.30. The highest BCUT2D eigenvalue weighted by molar-refractivity contribution is 4.69. The maximum absolute atomic E-state index is 12.0. The van der Waals surface area contributed by atoms with Crippen molar-refractivity contribution in [1.29, 1.82) is 0 Å². The summed E-state index contributed by atoms with van der Waals surface area (Å²) in [5.74, 6) is 0.443. The molecule has 2 nitrogen and oxygen atoms in total. The topological polar surface area (TPSA) is 29.3 Å². The largest absolute Gasteiger partial charge is 0.401 e. The lowest BCUT2D eigenvalue weighted by Crippen LogP contribution is -2.38. The third-order valence-electron chi connectivity index (χ3n) is 2.24. The summed E-state index contributed by atoms with van der Waals surface area (Å²) in [7, 11) is 1.47. The molecule has 0 amide bonds. The van der Waals surface area contributed by atoms with Gasteiger partial charge in [-0.25, -0.2) is 0 Å². The highest BCUT2D eigenvalue weighted by atomic mass is 19.4. The van der Waals surface area contributed by atoms with Gasteiger partial charge >= 0.3 is 6.18 Å². The summed E-state index contributed by atoms with van der Waals surface area (Å²) in [5.41, 5.74) is 5.48. The number of hydrogen-bond donors (Lipinski definition) is 1. The Morgan fingerprint density at radius 2 is 1.79 bits per heavy atom. The van der Waals surface area contributed by atoms with Crippen LogP contribution >= 0.6 is 0 Å². The van der Waals surface area contributed by atoms with Crippen LogP contribution in [0.15, 0.2) is 0 Å². The second-order valence-electron chi connectivity index (χ2n) is 4.05. The van der Waals surface area contributed by atoms with E-state index in [1.165, 1.54) is 11.9 Å². The molecule has 0 saturated heterocycles. The first kappa shape index (κ1) is 13.7. The first-order chi connectivity index (χ1) is 6.26. The third-order valence-corrected chi connectivity index (χ3v) is 2.24. The monoisotopic (exact) mass is 212 g/mol. The summed E-state index contributed by atoms with van der Waals surface area (Å²) in [4.78, 5) is 1.28. The average Bonchev–Trinajstić information content (AvgIpc) is 1.96. The predicted octanol–water partition coefficient (Wildman–Crippen LogP) is 1.71. The number of rotatable bonds is 5. The van der Waals surface area contributed by atoms with Gasteiger partial charge in [0, 0.05) is 6.54 Å². The van der Waals surface area contributed by atoms with E-state index >= 15 is 0 Å². The Hall–Kier alpha value is -0.290. The molecule has 5 heteroatoms. The van der Waals surface area contributed by atoms with E-state index in [0.717, 1.165) is 0 Å². The van der Waals surface area contributed by atoms with Crippen LogP contribution in [-0.2, 0) is 0 Å². The lowest BCUT2D eigenvalue weighted by Gasteiger charge is -2.26. The van der Waals surface area contributed by atoms with Gasteiger partial charge in [-0.3, -0.25) is 4.90 Å². The van der Waals surface area contributed by atoms with Crippen molar-refractivity contribution >= 4 is 0 Å². The second-order valence-corrected chi connectivity index (χ2v) is 4.05. The Kier molecular flexibility index (Phi) is 5.44. The SMILES string of the molecule is CC(C)C(CN)CN(C)CC(F)(F)F.